The molecule has 24 heavy (non-hydrogen) atoms. The third-order valence-corrected chi connectivity index (χ3v) is 4.98. The third kappa shape index (κ3) is 8.70. The van der Waals surface area contributed by atoms with Gasteiger partial charge in [-0.1, -0.05) is 64.7 Å². The van der Waals surface area contributed by atoms with Crippen molar-refractivity contribution < 1.29 is 19.1 Å². The van der Waals surface area contributed by atoms with Crippen LogP contribution in [-0.4, -0.2) is 25.2 Å². The maximum absolute atomic E-state index is 11.6. The Morgan fingerprint density at radius 3 is 2.12 bits per heavy atom. The average molecular weight is 341 g/mol. The van der Waals surface area contributed by atoms with E-state index >= 15 is 0 Å². The molecule has 1 fully saturated rings. The third-order valence-electron chi connectivity index (χ3n) is 4.98. The first kappa shape index (κ1) is 21.0. The molecule has 0 amide bonds. The minimum absolute atomic E-state index is 0.0108. The summed E-state index contributed by atoms with van der Waals surface area (Å²) in [6.45, 7) is 2.23. The summed E-state index contributed by atoms with van der Waals surface area (Å²) in [5.74, 6) is 0.0390. The first-order valence-corrected chi connectivity index (χ1v) is 9.96. The second-order valence-electron chi connectivity index (χ2n) is 7.02. The van der Waals surface area contributed by atoms with Gasteiger partial charge in [0.2, 0.25) is 0 Å². The number of hydrogen-bond acceptors (Lipinski definition) is 4. The van der Waals surface area contributed by atoms with Crippen molar-refractivity contribution in [3.8, 4) is 0 Å². The standard InChI is InChI=1S/C20H36O4/c1-3-4-5-6-9-12-15-18-17(20(22)24-18)14-11-8-7-10-13-16-19(21)23-2/h17-18H,3-16H2,1-2H3/t17-,18-/m1/s1. The van der Waals surface area contributed by atoms with Crippen LogP contribution in [0.25, 0.3) is 0 Å². The van der Waals surface area contributed by atoms with E-state index < -0.39 is 0 Å². The molecule has 0 bridgehead atoms. The van der Waals surface area contributed by atoms with Crippen molar-refractivity contribution in [2.45, 2.75) is 103 Å². The van der Waals surface area contributed by atoms with Crippen LogP contribution in [0.5, 0.6) is 0 Å². The molecule has 2 atom stereocenters. The van der Waals surface area contributed by atoms with Gasteiger partial charge in [-0.2, -0.15) is 0 Å². The smallest absolute Gasteiger partial charge is 0.313 e. The molecule has 1 aliphatic heterocycles. The lowest BCUT2D eigenvalue weighted by Crippen LogP contribution is -2.44. The molecule has 1 saturated heterocycles. The highest BCUT2D eigenvalue weighted by Gasteiger charge is 2.40. The zero-order valence-corrected chi connectivity index (χ0v) is 15.7. The number of hydrogen-bond donors (Lipinski definition) is 0. The van der Waals surface area contributed by atoms with E-state index in [-0.39, 0.29) is 24.0 Å². The Bertz CT molecular complexity index is 354. The van der Waals surface area contributed by atoms with Gasteiger partial charge in [-0.15, -0.1) is 0 Å². The Morgan fingerprint density at radius 1 is 0.917 bits per heavy atom. The van der Waals surface area contributed by atoms with Crippen molar-refractivity contribution in [3.05, 3.63) is 0 Å². The Balaban J connectivity index is 1.97. The van der Waals surface area contributed by atoms with Crippen molar-refractivity contribution >= 4 is 11.9 Å². The number of cyclic esters (lactones) is 1. The van der Waals surface area contributed by atoms with E-state index in [1.165, 1.54) is 45.6 Å². The lowest BCUT2D eigenvalue weighted by Gasteiger charge is -2.35. The number of ether oxygens (including phenoxy) is 2. The van der Waals surface area contributed by atoms with Crippen LogP contribution in [0.1, 0.15) is 96.8 Å². The molecule has 4 nitrogen and oxygen atoms in total. The molecule has 1 aliphatic rings. The normalized spacial score (nSPS) is 19.7. The summed E-state index contributed by atoms with van der Waals surface area (Å²) in [5.41, 5.74) is 0. The summed E-state index contributed by atoms with van der Waals surface area (Å²) in [5, 5.41) is 0. The molecular weight excluding hydrogens is 304 g/mol. The minimum Gasteiger partial charge on any atom is -0.469 e. The molecule has 0 aromatic heterocycles. The summed E-state index contributed by atoms with van der Waals surface area (Å²) in [6, 6.07) is 0. The highest BCUT2D eigenvalue weighted by Crippen LogP contribution is 2.31. The second kappa shape index (κ2) is 13.3. The van der Waals surface area contributed by atoms with Gasteiger partial charge in [-0.05, 0) is 25.7 Å². The van der Waals surface area contributed by atoms with Crippen LogP contribution < -0.4 is 0 Å². The number of carbonyl (C=O) groups excluding carboxylic acids is 2. The Kier molecular flexibility index (Phi) is 11.6. The Labute approximate surface area is 147 Å². The first-order valence-electron chi connectivity index (χ1n) is 9.96. The molecule has 0 spiro atoms. The molecule has 1 heterocycles. The van der Waals surface area contributed by atoms with Crippen LogP contribution in [0.15, 0.2) is 0 Å². The summed E-state index contributed by atoms with van der Waals surface area (Å²) in [6.07, 6.45) is 15.7. The summed E-state index contributed by atoms with van der Waals surface area (Å²) >= 11 is 0. The van der Waals surface area contributed by atoms with Crippen molar-refractivity contribution in [1.29, 1.82) is 0 Å². The zero-order chi connectivity index (χ0) is 17.6. The van der Waals surface area contributed by atoms with E-state index in [0.717, 1.165) is 44.9 Å². The largest absolute Gasteiger partial charge is 0.469 e. The molecular formula is C20H36O4. The summed E-state index contributed by atoms with van der Waals surface area (Å²) < 4.78 is 9.95. The number of esters is 2. The molecule has 0 radical (unpaired) electrons. The SMILES string of the molecule is CCCCCCCC[C@H]1OC(=O)[C@@H]1CCCCCCCC(=O)OC. The molecule has 0 aromatic rings. The predicted molar refractivity (Wildman–Crippen MR) is 95.7 cm³/mol. The predicted octanol–water partition coefficient (Wildman–Crippen LogP) is 5.18. The van der Waals surface area contributed by atoms with Gasteiger partial charge >= 0.3 is 11.9 Å². The fourth-order valence-electron chi connectivity index (χ4n) is 3.35. The van der Waals surface area contributed by atoms with Gasteiger partial charge < -0.3 is 9.47 Å². The van der Waals surface area contributed by atoms with Crippen molar-refractivity contribution in [2.24, 2.45) is 5.92 Å². The maximum Gasteiger partial charge on any atom is 0.313 e. The van der Waals surface area contributed by atoms with Crippen molar-refractivity contribution in [1.82, 2.24) is 0 Å². The molecule has 0 aliphatic carbocycles. The topological polar surface area (TPSA) is 52.6 Å². The van der Waals surface area contributed by atoms with E-state index in [1.807, 2.05) is 0 Å². The molecule has 4 heteroatoms. The zero-order valence-electron chi connectivity index (χ0n) is 15.7. The first-order chi connectivity index (χ1) is 11.7. The molecule has 0 N–H and O–H groups in total. The van der Waals surface area contributed by atoms with Crippen LogP contribution in [0.2, 0.25) is 0 Å². The van der Waals surface area contributed by atoms with Crippen molar-refractivity contribution in [2.75, 3.05) is 7.11 Å². The van der Waals surface area contributed by atoms with Gasteiger partial charge in [-0.3, -0.25) is 9.59 Å². The highest BCUT2D eigenvalue weighted by atomic mass is 16.6. The van der Waals surface area contributed by atoms with Crippen LogP contribution in [-0.2, 0) is 19.1 Å². The van der Waals surface area contributed by atoms with Gasteiger partial charge in [0.05, 0.1) is 13.0 Å². The number of carbonyl (C=O) groups is 2. The average Bonchev–Trinajstić information content (AvgIpc) is 2.58. The van der Waals surface area contributed by atoms with Crippen LogP contribution in [0.3, 0.4) is 0 Å². The Morgan fingerprint density at radius 2 is 1.50 bits per heavy atom. The number of unbranched alkanes of at least 4 members (excludes halogenated alkanes) is 9. The fraction of sp³-hybridized carbons (Fsp3) is 0.900. The minimum atomic E-state index is -0.121. The lowest BCUT2D eigenvalue weighted by molar-refractivity contribution is -0.186. The Hall–Kier alpha value is -1.06. The van der Waals surface area contributed by atoms with E-state index in [0.29, 0.717) is 6.42 Å². The van der Waals surface area contributed by atoms with Crippen LogP contribution in [0.4, 0.5) is 0 Å². The molecule has 1 rings (SSSR count). The van der Waals surface area contributed by atoms with E-state index in [2.05, 4.69) is 11.7 Å². The fourth-order valence-corrected chi connectivity index (χ4v) is 3.35. The van der Waals surface area contributed by atoms with E-state index in [4.69, 9.17) is 4.74 Å². The van der Waals surface area contributed by atoms with Gasteiger partial charge in [0.15, 0.2) is 0 Å². The number of rotatable bonds is 15. The number of methoxy groups -OCH3 is 1. The van der Waals surface area contributed by atoms with Gasteiger partial charge in [0.25, 0.3) is 0 Å². The highest BCUT2D eigenvalue weighted by molar-refractivity contribution is 5.78. The second-order valence-corrected chi connectivity index (χ2v) is 7.02. The van der Waals surface area contributed by atoms with Gasteiger partial charge in [0.1, 0.15) is 6.10 Å². The lowest BCUT2D eigenvalue weighted by atomic mass is 9.87. The summed E-state index contributed by atoms with van der Waals surface area (Å²) in [4.78, 5) is 22.6. The molecule has 0 saturated carbocycles. The monoisotopic (exact) mass is 340 g/mol. The van der Waals surface area contributed by atoms with Crippen molar-refractivity contribution in [3.63, 3.8) is 0 Å². The molecule has 140 valence electrons. The van der Waals surface area contributed by atoms with E-state index in [9.17, 15) is 9.59 Å². The van der Waals surface area contributed by atoms with Gasteiger partial charge in [0, 0.05) is 6.42 Å². The van der Waals surface area contributed by atoms with Crippen LogP contribution in [0, 0.1) is 5.92 Å². The maximum atomic E-state index is 11.6. The molecule has 0 unspecified atom stereocenters. The summed E-state index contributed by atoms with van der Waals surface area (Å²) in [7, 11) is 1.43. The molecule has 0 aromatic carbocycles. The quantitative estimate of drug-likeness (QED) is 0.304. The van der Waals surface area contributed by atoms with Gasteiger partial charge in [-0.25, -0.2) is 0 Å². The van der Waals surface area contributed by atoms with E-state index in [1.54, 1.807) is 0 Å². The van der Waals surface area contributed by atoms with Crippen LogP contribution >= 0.6 is 0 Å².